The molecule has 3 aromatic carbocycles. The van der Waals surface area contributed by atoms with Gasteiger partial charge in [0, 0.05) is 0 Å². The summed E-state index contributed by atoms with van der Waals surface area (Å²) >= 11 is 0. The summed E-state index contributed by atoms with van der Waals surface area (Å²) in [7, 11) is -7.70. The Morgan fingerprint density at radius 2 is 1.16 bits per heavy atom. The topological polar surface area (TPSA) is 79.8 Å². The molecule has 0 aromatic heterocycles. The van der Waals surface area contributed by atoms with Gasteiger partial charge >= 0.3 is 268 Å². The van der Waals surface area contributed by atoms with E-state index in [0.717, 1.165) is 55.2 Å². The molecular weight excluding hydrogens is 613 g/mol. The summed E-state index contributed by atoms with van der Waals surface area (Å²) in [6.45, 7) is 14.0. The molecule has 0 radical (unpaired) electrons. The summed E-state index contributed by atoms with van der Waals surface area (Å²) in [5.41, 5.74) is 3.43. The van der Waals surface area contributed by atoms with Gasteiger partial charge in [0.05, 0.1) is 0 Å². The van der Waals surface area contributed by atoms with Crippen LogP contribution in [0.1, 0.15) is 76.0 Å². The second-order valence-corrected chi connectivity index (χ2v) is 16.1. The van der Waals surface area contributed by atoms with Gasteiger partial charge in [-0.2, -0.15) is 0 Å². The average molecular weight is 665 g/mol. The van der Waals surface area contributed by atoms with Gasteiger partial charge in [0.15, 0.2) is 0 Å². The quantitative estimate of drug-likeness (QED) is 0.0896. The van der Waals surface area contributed by atoms with Crippen LogP contribution >= 0.6 is 24.7 Å². The molecule has 0 heterocycles. The van der Waals surface area contributed by atoms with Crippen LogP contribution in [0.5, 0.6) is 17.2 Å². The second kappa shape index (κ2) is 20.2. The SMILES string of the molecule is CCCCOP(N[PH](N=[PH](OCCCC)Oc1ccc(C)cc1)(OCCCC)Oc1ccc(C)cc1)Oc1ccc(C)cc1. The van der Waals surface area contributed by atoms with Gasteiger partial charge in [-0.15, -0.1) is 0 Å². The van der Waals surface area contributed by atoms with Crippen LogP contribution in [0, 0.1) is 20.8 Å². The number of nitrogens with zero attached hydrogens (tertiary/aromatic N) is 1. The Labute approximate surface area is 267 Å². The predicted octanol–water partition coefficient (Wildman–Crippen LogP) is 11.1. The fraction of sp³-hybridized carbons (Fsp3) is 0.455. The van der Waals surface area contributed by atoms with Crippen LogP contribution in [0.25, 0.3) is 0 Å². The molecule has 2 atom stereocenters. The minimum absolute atomic E-state index is 0.447. The number of nitrogens with one attached hydrogen (secondary N) is 1. The van der Waals surface area contributed by atoms with E-state index in [1.807, 2.05) is 93.6 Å². The van der Waals surface area contributed by atoms with Gasteiger partial charge in [0.2, 0.25) is 0 Å². The standard InChI is InChI=1S/C33H51N2O6P3/c1-7-10-25-36-42(39-31-19-13-28(4)14-20-31)34-44(38-27-12-9-3,41-33-23-17-30(6)18-24-33)35-43(37-26-11-8-2)40-32-21-15-29(5)16-22-32/h13-24,34,43-44H,7-12,25-27H2,1-6H3. The first-order chi connectivity index (χ1) is 21.3. The Balaban J connectivity index is 2.08. The molecule has 0 bridgehead atoms. The van der Waals surface area contributed by atoms with Crippen molar-refractivity contribution in [1.82, 2.24) is 4.86 Å². The van der Waals surface area contributed by atoms with Gasteiger partial charge in [-0.05, 0) is 0 Å². The predicted molar refractivity (Wildman–Crippen MR) is 187 cm³/mol. The third kappa shape index (κ3) is 13.5. The molecule has 8 nitrogen and oxygen atoms in total. The average Bonchev–Trinajstić information content (AvgIpc) is 3.01. The van der Waals surface area contributed by atoms with Crippen molar-refractivity contribution in [2.24, 2.45) is 4.52 Å². The van der Waals surface area contributed by atoms with E-state index in [2.05, 4.69) is 25.6 Å². The first-order valence-electron chi connectivity index (χ1n) is 15.7. The summed E-state index contributed by atoms with van der Waals surface area (Å²) < 4.78 is 44.1. The van der Waals surface area contributed by atoms with Gasteiger partial charge in [-0.25, -0.2) is 0 Å². The van der Waals surface area contributed by atoms with Crippen LogP contribution in [0.2, 0.25) is 0 Å². The summed E-state index contributed by atoms with van der Waals surface area (Å²) in [6.07, 6.45) is 5.58. The molecule has 0 saturated carbocycles. The molecule has 3 rings (SSSR count). The van der Waals surface area contributed by atoms with E-state index in [4.69, 9.17) is 31.7 Å². The summed E-state index contributed by atoms with van der Waals surface area (Å²) in [5, 5.41) is 0. The molecule has 1 N–H and O–H groups in total. The molecule has 44 heavy (non-hydrogen) atoms. The Hall–Kier alpha value is -2.01. The molecular formula is C33H51N2O6P3. The maximum atomic E-state index is 6.75. The molecule has 0 aliphatic carbocycles. The Morgan fingerprint density at radius 3 is 1.73 bits per heavy atom. The molecule has 0 aliphatic heterocycles. The van der Waals surface area contributed by atoms with Crippen molar-refractivity contribution in [2.75, 3.05) is 19.8 Å². The zero-order valence-corrected chi connectivity index (χ0v) is 30.0. The van der Waals surface area contributed by atoms with E-state index in [0.29, 0.717) is 37.1 Å². The van der Waals surface area contributed by atoms with E-state index in [1.54, 1.807) is 0 Å². The number of hydrogen-bond donors (Lipinski definition) is 1. The first-order valence-corrected chi connectivity index (χ1v) is 19.9. The van der Waals surface area contributed by atoms with Crippen molar-refractivity contribution in [3.8, 4) is 17.2 Å². The van der Waals surface area contributed by atoms with Crippen LogP contribution in [-0.2, 0) is 13.6 Å². The molecule has 244 valence electrons. The zero-order chi connectivity index (χ0) is 31.6. The monoisotopic (exact) mass is 664 g/mol. The number of benzene rings is 3. The van der Waals surface area contributed by atoms with Crippen molar-refractivity contribution < 1.29 is 27.1 Å². The summed E-state index contributed by atoms with van der Waals surface area (Å²) in [6, 6.07) is 23.7. The second-order valence-electron chi connectivity index (χ2n) is 10.7. The van der Waals surface area contributed by atoms with E-state index in [-0.39, 0.29) is 0 Å². The molecule has 0 fully saturated rings. The van der Waals surface area contributed by atoms with Crippen molar-refractivity contribution in [3.63, 3.8) is 0 Å². The summed E-state index contributed by atoms with van der Waals surface area (Å²) in [5.74, 6) is 2.02. The van der Waals surface area contributed by atoms with Crippen molar-refractivity contribution in [1.29, 1.82) is 0 Å². The van der Waals surface area contributed by atoms with Gasteiger partial charge in [0.25, 0.3) is 0 Å². The molecule has 2 unspecified atom stereocenters. The number of hydrogen-bond acceptors (Lipinski definition) is 8. The van der Waals surface area contributed by atoms with E-state index in [9.17, 15) is 0 Å². The minimum atomic E-state index is -3.72. The first kappa shape index (κ1) is 36.5. The number of rotatable bonds is 21. The third-order valence-corrected chi connectivity index (χ3v) is 12.9. The molecule has 0 saturated heterocycles. The fourth-order valence-corrected chi connectivity index (χ4v) is 10.3. The third-order valence-electron chi connectivity index (χ3n) is 6.41. The number of unbranched alkanes of at least 4 members (excludes halogenated alkanes) is 3. The molecule has 11 heteroatoms. The fourth-order valence-electron chi connectivity index (χ4n) is 3.68. The molecule has 0 amide bonds. The Bertz CT molecular complexity index is 1250. The Morgan fingerprint density at radius 1 is 0.659 bits per heavy atom. The van der Waals surface area contributed by atoms with E-state index in [1.165, 1.54) is 0 Å². The van der Waals surface area contributed by atoms with Crippen LogP contribution < -0.4 is 18.4 Å². The normalized spacial score (nSPS) is 13.4. The van der Waals surface area contributed by atoms with Gasteiger partial charge in [-0.3, -0.25) is 0 Å². The molecule has 0 spiro atoms. The van der Waals surface area contributed by atoms with Crippen LogP contribution in [0.4, 0.5) is 0 Å². The maximum absolute atomic E-state index is 6.75. The van der Waals surface area contributed by atoms with Crippen LogP contribution in [0.15, 0.2) is 77.3 Å². The van der Waals surface area contributed by atoms with Gasteiger partial charge in [-0.1, -0.05) is 0 Å². The summed E-state index contributed by atoms with van der Waals surface area (Å²) in [4.78, 5) is 3.54. The van der Waals surface area contributed by atoms with E-state index >= 15 is 0 Å². The molecule has 3 aromatic rings. The van der Waals surface area contributed by atoms with Gasteiger partial charge < -0.3 is 0 Å². The zero-order valence-electron chi connectivity index (χ0n) is 27.1. The van der Waals surface area contributed by atoms with Crippen LogP contribution in [0.3, 0.4) is 0 Å². The Kier molecular flexibility index (Phi) is 16.7. The van der Waals surface area contributed by atoms with Crippen molar-refractivity contribution >= 4 is 24.7 Å². The molecule has 0 aliphatic rings. The number of aryl methyl sites for hydroxylation is 3. The van der Waals surface area contributed by atoms with Crippen molar-refractivity contribution in [2.45, 2.75) is 80.1 Å². The van der Waals surface area contributed by atoms with Gasteiger partial charge in [0.1, 0.15) is 0 Å². The van der Waals surface area contributed by atoms with Crippen LogP contribution in [-0.4, -0.2) is 19.8 Å². The van der Waals surface area contributed by atoms with Crippen molar-refractivity contribution in [3.05, 3.63) is 89.5 Å². The van der Waals surface area contributed by atoms with E-state index < -0.39 is 24.7 Å².